The third-order valence-corrected chi connectivity index (χ3v) is 2.47. The van der Waals surface area contributed by atoms with Gasteiger partial charge in [-0.15, -0.1) is 0 Å². The Morgan fingerprint density at radius 1 is 0.941 bits per heavy atom. The van der Waals surface area contributed by atoms with Crippen LogP contribution in [-0.2, 0) is 0 Å². The highest BCUT2D eigenvalue weighted by Crippen LogP contribution is 2.33. The van der Waals surface area contributed by atoms with Crippen molar-refractivity contribution in [1.82, 2.24) is 0 Å². The van der Waals surface area contributed by atoms with Crippen LogP contribution in [-0.4, -0.2) is 14.2 Å². The van der Waals surface area contributed by atoms with Crippen LogP contribution in [0.5, 0.6) is 11.5 Å². The van der Waals surface area contributed by atoms with Crippen LogP contribution < -0.4 is 9.47 Å². The van der Waals surface area contributed by atoms with Crippen LogP contribution in [0.25, 0.3) is 11.1 Å². The number of benzene rings is 2. The topological polar surface area (TPSA) is 18.5 Å². The lowest BCUT2D eigenvalue weighted by atomic mass is 10.0. The maximum atomic E-state index is 13.7. The SMILES string of the molecule is COc1[c]c(OC)c(-c2ccccc2F)cc1. The number of rotatable bonds is 3. The van der Waals surface area contributed by atoms with E-state index in [4.69, 9.17) is 9.47 Å². The molecule has 0 atom stereocenters. The Labute approximate surface area is 99.6 Å². The summed E-state index contributed by atoms with van der Waals surface area (Å²) in [6.07, 6.45) is 0. The van der Waals surface area contributed by atoms with Crippen molar-refractivity contribution < 1.29 is 13.9 Å². The number of hydrogen-bond donors (Lipinski definition) is 0. The monoisotopic (exact) mass is 231 g/mol. The minimum Gasteiger partial charge on any atom is -0.496 e. The van der Waals surface area contributed by atoms with Crippen molar-refractivity contribution in [2.75, 3.05) is 14.2 Å². The van der Waals surface area contributed by atoms with E-state index in [2.05, 4.69) is 6.07 Å². The van der Waals surface area contributed by atoms with Crippen LogP contribution in [0.15, 0.2) is 36.4 Å². The molecule has 0 aromatic heterocycles. The van der Waals surface area contributed by atoms with E-state index in [1.165, 1.54) is 13.2 Å². The first kappa shape index (κ1) is 11.5. The largest absolute Gasteiger partial charge is 0.496 e. The van der Waals surface area contributed by atoms with Gasteiger partial charge in [0.2, 0.25) is 0 Å². The van der Waals surface area contributed by atoms with Crippen molar-refractivity contribution in [2.24, 2.45) is 0 Å². The van der Waals surface area contributed by atoms with Crippen LogP contribution in [0, 0.1) is 11.9 Å². The highest BCUT2D eigenvalue weighted by molar-refractivity contribution is 5.71. The molecule has 17 heavy (non-hydrogen) atoms. The minimum atomic E-state index is -0.288. The molecule has 0 aliphatic carbocycles. The molecule has 0 heterocycles. The summed E-state index contributed by atoms with van der Waals surface area (Å²) in [4.78, 5) is 0. The van der Waals surface area contributed by atoms with Crippen LogP contribution >= 0.6 is 0 Å². The Bertz CT molecular complexity index is 523. The predicted octanol–water partition coefficient (Wildman–Crippen LogP) is 3.31. The minimum absolute atomic E-state index is 0.288. The predicted molar refractivity (Wildman–Crippen MR) is 63.8 cm³/mol. The molecule has 2 nitrogen and oxygen atoms in total. The Morgan fingerprint density at radius 2 is 1.71 bits per heavy atom. The molecule has 0 N–H and O–H groups in total. The van der Waals surface area contributed by atoms with Gasteiger partial charge in [0.05, 0.1) is 20.3 Å². The summed E-state index contributed by atoms with van der Waals surface area (Å²) < 4.78 is 23.9. The van der Waals surface area contributed by atoms with Crippen molar-refractivity contribution >= 4 is 0 Å². The molecule has 0 saturated carbocycles. The maximum absolute atomic E-state index is 13.7. The van der Waals surface area contributed by atoms with Gasteiger partial charge in [-0.2, -0.15) is 0 Å². The molecule has 87 valence electrons. The van der Waals surface area contributed by atoms with Crippen molar-refractivity contribution in [3.05, 3.63) is 48.3 Å². The van der Waals surface area contributed by atoms with E-state index in [1.54, 1.807) is 37.4 Å². The number of ether oxygens (including phenoxy) is 2. The zero-order valence-corrected chi connectivity index (χ0v) is 9.66. The highest BCUT2D eigenvalue weighted by Gasteiger charge is 2.11. The third kappa shape index (κ3) is 2.23. The Kier molecular flexibility index (Phi) is 3.28. The Morgan fingerprint density at radius 3 is 2.35 bits per heavy atom. The first-order valence-corrected chi connectivity index (χ1v) is 5.15. The fraction of sp³-hybridized carbons (Fsp3) is 0.143. The van der Waals surface area contributed by atoms with Crippen LogP contribution in [0.4, 0.5) is 4.39 Å². The summed E-state index contributed by atoms with van der Waals surface area (Å²) in [5, 5.41) is 0. The van der Waals surface area contributed by atoms with Gasteiger partial charge in [-0.05, 0) is 18.2 Å². The molecule has 0 bridgehead atoms. The molecule has 0 saturated heterocycles. The lowest BCUT2D eigenvalue weighted by Crippen LogP contribution is -1.92. The van der Waals surface area contributed by atoms with Crippen molar-refractivity contribution in [1.29, 1.82) is 0 Å². The molecule has 2 aromatic carbocycles. The smallest absolute Gasteiger partial charge is 0.138 e. The van der Waals surface area contributed by atoms with Gasteiger partial charge >= 0.3 is 0 Å². The van der Waals surface area contributed by atoms with Gasteiger partial charge < -0.3 is 9.47 Å². The van der Waals surface area contributed by atoms with Gasteiger partial charge in [0.1, 0.15) is 17.3 Å². The highest BCUT2D eigenvalue weighted by atomic mass is 19.1. The van der Waals surface area contributed by atoms with E-state index in [1.807, 2.05) is 0 Å². The zero-order chi connectivity index (χ0) is 12.3. The molecule has 0 amide bonds. The first-order valence-electron chi connectivity index (χ1n) is 5.15. The Hall–Kier alpha value is -2.03. The second kappa shape index (κ2) is 4.87. The normalized spacial score (nSPS) is 10.1. The molecule has 0 fully saturated rings. The van der Waals surface area contributed by atoms with Crippen LogP contribution in [0.3, 0.4) is 0 Å². The second-order valence-electron chi connectivity index (χ2n) is 3.45. The Balaban J connectivity index is 2.56. The van der Waals surface area contributed by atoms with E-state index in [-0.39, 0.29) is 5.82 Å². The van der Waals surface area contributed by atoms with Crippen LogP contribution in [0.2, 0.25) is 0 Å². The summed E-state index contributed by atoms with van der Waals surface area (Å²) in [5.41, 5.74) is 1.15. The molecule has 1 radical (unpaired) electrons. The van der Waals surface area contributed by atoms with E-state index in [0.29, 0.717) is 22.6 Å². The molecule has 3 heteroatoms. The summed E-state index contributed by atoms with van der Waals surface area (Å²) in [5.74, 6) is 0.737. The molecular formula is C14H12FO2. The van der Waals surface area contributed by atoms with Gasteiger partial charge in [0, 0.05) is 11.1 Å². The van der Waals surface area contributed by atoms with E-state index >= 15 is 0 Å². The lowest BCUT2D eigenvalue weighted by molar-refractivity contribution is 0.393. The summed E-state index contributed by atoms with van der Waals surface area (Å²) in [7, 11) is 3.07. The van der Waals surface area contributed by atoms with E-state index < -0.39 is 0 Å². The summed E-state index contributed by atoms with van der Waals surface area (Å²) in [6.45, 7) is 0. The number of halogens is 1. The van der Waals surface area contributed by atoms with E-state index in [0.717, 1.165) is 0 Å². The number of hydrogen-bond acceptors (Lipinski definition) is 2. The van der Waals surface area contributed by atoms with Gasteiger partial charge in [-0.3, -0.25) is 0 Å². The fourth-order valence-electron chi connectivity index (χ4n) is 1.63. The molecular weight excluding hydrogens is 219 g/mol. The average Bonchev–Trinajstić information content (AvgIpc) is 2.38. The van der Waals surface area contributed by atoms with Gasteiger partial charge in [-0.1, -0.05) is 18.2 Å². The quantitative estimate of drug-likeness (QED) is 0.806. The molecule has 2 rings (SSSR count). The van der Waals surface area contributed by atoms with Crippen molar-refractivity contribution in [3.63, 3.8) is 0 Å². The second-order valence-corrected chi connectivity index (χ2v) is 3.45. The van der Waals surface area contributed by atoms with Gasteiger partial charge in [0.15, 0.2) is 0 Å². The maximum Gasteiger partial charge on any atom is 0.138 e. The standard InChI is InChI=1S/C14H12FO2/c1-16-10-7-8-12(14(9-10)17-2)11-5-3-4-6-13(11)15/h3-8H,1-2H3. The molecule has 0 aliphatic rings. The summed E-state index contributed by atoms with van der Waals surface area (Å²) in [6, 6.07) is 13.0. The van der Waals surface area contributed by atoms with Crippen molar-refractivity contribution in [2.45, 2.75) is 0 Å². The lowest BCUT2D eigenvalue weighted by Gasteiger charge is -2.10. The summed E-state index contributed by atoms with van der Waals surface area (Å²) >= 11 is 0. The van der Waals surface area contributed by atoms with Crippen LogP contribution in [0.1, 0.15) is 0 Å². The fourth-order valence-corrected chi connectivity index (χ4v) is 1.63. The number of methoxy groups -OCH3 is 2. The third-order valence-electron chi connectivity index (χ3n) is 2.47. The van der Waals surface area contributed by atoms with E-state index in [9.17, 15) is 4.39 Å². The van der Waals surface area contributed by atoms with Gasteiger partial charge in [-0.25, -0.2) is 4.39 Å². The average molecular weight is 231 g/mol. The van der Waals surface area contributed by atoms with Gasteiger partial charge in [0.25, 0.3) is 0 Å². The molecule has 2 aromatic rings. The molecule has 0 spiro atoms. The first-order chi connectivity index (χ1) is 8.26. The zero-order valence-electron chi connectivity index (χ0n) is 9.66. The molecule has 0 unspecified atom stereocenters. The van der Waals surface area contributed by atoms with Crippen molar-refractivity contribution in [3.8, 4) is 22.6 Å². The molecule has 0 aliphatic heterocycles.